The van der Waals surface area contributed by atoms with Crippen LogP contribution >= 0.6 is 11.6 Å². The lowest BCUT2D eigenvalue weighted by atomic mass is 9.81. The van der Waals surface area contributed by atoms with Crippen molar-refractivity contribution >= 4 is 23.2 Å². The number of allylic oxidation sites excluding steroid dienone is 1. The van der Waals surface area contributed by atoms with Crippen LogP contribution in [0.25, 0.3) is 11.5 Å². The normalized spacial score (nSPS) is 20.6. The molecule has 0 spiro atoms. The molecule has 34 heavy (non-hydrogen) atoms. The van der Waals surface area contributed by atoms with E-state index in [4.69, 9.17) is 16.0 Å². The van der Waals surface area contributed by atoms with E-state index >= 15 is 0 Å². The van der Waals surface area contributed by atoms with Crippen LogP contribution < -0.4 is 4.90 Å². The maximum absolute atomic E-state index is 14.9. The number of carbonyl (C=O) groups excluding carboxylic acids is 1. The van der Waals surface area contributed by atoms with Gasteiger partial charge in [-0.2, -0.15) is 13.2 Å². The molecule has 5 nitrogen and oxygen atoms in total. The predicted octanol–water partition coefficient (Wildman–Crippen LogP) is 5.70. The van der Waals surface area contributed by atoms with Crippen molar-refractivity contribution in [3.05, 3.63) is 82.5 Å². The Morgan fingerprint density at radius 3 is 2.59 bits per heavy atom. The molecular formula is C24H17ClF4N2O3. The van der Waals surface area contributed by atoms with E-state index in [0.717, 1.165) is 22.6 Å². The highest BCUT2D eigenvalue weighted by Gasteiger charge is 2.58. The molecule has 10 heteroatoms. The van der Waals surface area contributed by atoms with Gasteiger partial charge in [-0.1, -0.05) is 29.8 Å². The number of aromatic nitrogens is 1. The average Bonchev–Trinajstić information content (AvgIpc) is 3.34. The first-order valence-electron chi connectivity index (χ1n) is 10.3. The number of oxazole rings is 1. The minimum Gasteiger partial charge on any atom is -0.445 e. The maximum atomic E-state index is 14.9. The number of anilines is 1. The largest absolute Gasteiger partial charge is 0.445 e. The third-order valence-corrected chi connectivity index (χ3v) is 6.54. The van der Waals surface area contributed by atoms with E-state index in [-0.39, 0.29) is 34.6 Å². The summed E-state index contributed by atoms with van der Waals surface area (Å²) in [5, 5.41) is 11.3. The summed E-state index contributed by atoms with van der Waals surface area (Å²) in [4.78, 5) is 18.6. The standard InChI is InChI=1S/C24H17ClF4N2O3/c1-12-7-13(8-12)11-31-18-10-14(21-30-5-6-34-21)9-15(24(27,28)29)19(18)23(33,22(31)32)20-16(25)3-2-4-17(20)26/h2-6,9-10,13,33H,1,7-8,11H2/t23-/m0/s1. The van der Waals surface area contributed by atoms with Crippen molar-refractivity contribution in [2.75, 3.05) is 11.4 Å². The van der Waals surface area contributed by atoms with E-state index in [1.54, 1.807) is 0 Å². The fourth-order valence-electron chi connectivity index (χ4n) is 4.75. The molecular weight excluding hydrogens is 476 g/mol. The van der Waals surface area contributed by atoms with Gasteiger partial charge in [-0.25, -0.2) is 9.37 Å². The Morgan fingerprint density at radius 1 is 1.26 bits per heavy atom. The zero-order chi connectivity index (χ0) is 24.4. The molecule has 1 fully saturated rings. The topological polar surface area (TPSA) is 66.6 Å². The van der Waals surface area contributed by atoms with E-state index in [1.165, 1.54) is 30.7 Å². The summed E-state index contributed by atoms with van der Waals surface area (Å²) in [6.07, 6.45) is -1.35. The highest BCUT2D eigenvalue weighted by atomic mass is 35.5. The van der Waals surface area contributed by atoms with Crippen molar-refractivity contribution in [1.82, 2.24) is 4.98 Å². The van der Waals surface area contributed by atoms with E-state index in [0.29, 0.717) is 12.8 Å². The van der Waals surface area contributed by atoms with Gasteiger partial charge >= 0.3 is 6.18 Å². The summed E-state index contributed by atoms with van der Waals surface area (Å²) >= 11 is 6.13. The third-order valence-electron chi connectivity index (χ3n) is 6.23. The van der Waals surface area contributed by atoms with Crippen LogP contribution in [0.4, 0.5) is 23.2 Å². The summed E-state index contributed by atoms with van der Waals surface area (Å²) in [5.41, 5.74) is -5.09. The molecule has 2 heterocycles. The lowest BCUT2D eigenvalue weighted by Crippen LogP contribution is -2.45. The number of alkyl halides is 3. The van der Waals surface area contributed by atoms with Gasteiger partial charge in [0.25, 0.3) is 5.91 Å². The van der Waals surface area contributed by atoms with Gasteiger partial charge in [-0.3, -0.25) is 4.79 Å². The van der Waals surface area contributed by atoms with Crippen LogP contribution in [-0.2, 0) is 16.6 Å². The Bertz CT molecular complexity index is 1290. The van der Waals surface area contributed by atoms with Crippen LogP contribution in [0.3, 0.4) is 0 Å². The van der Waals surface area contributed by atoms with Gasteiger partial charge in [0.1, 0.15) is 12.1 Å². The number of fused-ring (bicyclic) bond motifs is 1. The number of amides is 1. The lowest BCUT2D eigenvalue weighted by Gasteiger charge is -2.33. The highest BCUT2D eigenvalue weighted by Crippen LogP contribution is 2.53. The summed E-state index contributed by atoms with van der Waals surface area (Å²) in [6.45, 7) is 3.87. The number of benzene rings is 2. The second-order valence-electron chi connectivity index (χ2n) is 8.50. The molecule has 1 aromatic heterocycles. The molecule has 1 atom stereocenters. The van der Waals surface area contributed by atoms with Crippen LogP contribution in [-0.4, -0.2) is 22.5 Å². The van der Waals surface area contributed by atoms with E-state index in [2.05, 4.69) is 11.6 Å². The summed E-state index contributed by atoms with van der Waals surface area (Å²) < 4.78 is 63.1. The Balaban J connectivity index is 1.81. The zero-order valence-corrected chi connectivity index (χ0v) is 18.3. The van der Waals surface area contributed by atoms with Gasteiger partial charge in [-0.05, 0) is 43.0 Å². The second kappa shape index (κ2) is 7.68. The van der Waals surface area contributed by atoms with Gasteiger partial charge in [0.05, 0.1) is 28.0 Å². The molecule has 2 aromatic carbocycles. The van der Waals surface area contributed by atoms with Crippen molar-refractivity contribution in [2.24, 2.45) is 5.92 Å². The molecule has 0 radical (unpaired) electrons. The average molecular weight is 493 g/mol. The fraction of sp³-hybridized carbons (Fsp3) is 0.250. The highest BCUT2D eigenvalue weighted by molar-refractivity contribution is 6.32. The van der Waals surface area contributed by atoms with Crippen molar-refractivity contribution < 1.29 is 31.9 Å². The fourth-order valence-corrected chi connectivity index (χ4v) is 5.05. The zero-order valence-electron chi connectivity index (χ0n) is 17.5. The van der Waals surface area contributed by atoms with Crippen LogP contribution in [0.5, 0.6) is 0 Å². The van der Waals surface area contributed by atoms with Crippen LogP contribution in [0.1, 0.15) is 29.5 Å². The lowest BCUT2D eigenvalue weighted by molar-refractivity contribution is -0.142. The second-order valence-corrected chi connectivity index (χ2v) is 8.91. The van der Waals surface area contributed by atoms with Gasteiger partial charge in [0.2, 0.25) is 11.5 Å². The molecule has 0 bridgehead atoms. The first-order valence-corrected chi connectivity index (χ1v) is 10.7. The molecule has 5 rings (SSSR count). The summed E-state index contributed by atoms with van der Waals surface area (Å²) in [7, 11) is 0. The predicted molar refractivity (Wildman–Crippen MR) is 116 cm³/mol. The molecule has 1 aliphatic carbocycles. The van der Waals surface area contributed by atoms with E-state index in [9.17, 15) is 27.5 Å². The van der Waals surface area contributed by atoms with E-state index < -0.39 is 40.2 Å². The Hall–Kier alpha value is -3.17. The molecule has 176 valence electrons. The van der Waals surface area contributed by atoms with Crippen LogP contribution in [0.2, 0.25) is 5.02 Å². The minimum atomic E-state index is -5.00. The Labute approximate surface area is 196 Å². The number of aliphatic hydroxyl groups is 1. The van der Waals surface area contributed by atoms with Gasteiger partial charge in [0.15, 0.2) is 0 Å². The number of nitrogens with zero attached hydrogens (tertiary/aromatic N) is 2. The molecule has 1 aliphatic heterocycles. The quantitative estimate of drug-likeness (QED) is 0.375. The van der Waals surface area contributed by atoms with Crippen molar-refractivity contribution in [2.45, 2.75) is 24.6 Å². The van der Waals surface area contributed by atoms with Crippen molar-refractivity contribution in [1.29, 1.82) is 0 Å². The maximum Gasteiger partial charge on any atom is 0.416 e. The van der Waals surface area contributed by atoms with Gasteiger partial charge in [0, 0.05) is 17.7 Å². The number of rotatable bonds is 4. The summed E-state index contributed by atoms with van der Waals surface area (Å²) in [5.74, 6) is -2.38. The van der Waals surface area contributed by atoms with E-state index in [1.807, 2.05) is 0 Å². The Kier molecular flexibility index (Phi) is 5.11. The monoisotopic (exact) mass is 492 g/mol. The van der Waals surface area contributed by atoms with Gasteiger partial charge < -0.3 is 14.4 Å². The SMILES string of the molecule is C=C1CC(CN2C(=O)[C@@](O)(c3c(F)cccc3Cl)c3c2cc(-c2ncco2)cc3C(F)(F)F)C1. The first-order chi connectivity index (χ1) is 16.0. The minimum absolute atomic E-state index is 0.0194. The number of carbonyl (C=O) groups is 1. The molecule has 2 aliphatic rings. The van der Waals surface area contributed by atoms with Crippen LogP contribution in [0.15, 0.2) is 59.4 Å². The molecule has 0 unspecified atom stereocenters. The van der Waals surface area contributed by atoms with Crippen LogP contribution in [0, 0.1) is 11.7 Å². The molecule has 1 saturated carbocycles. The number of halogens is 5. The van der Waals surface area contributed by atoms with Gasteiger partial charge in [-0.15, -0.1) is 0 Å². The number of hydrogen-bond acceptors (Lipinski definition) is 4. The Morgan fingerprint density at radius 2 is 2.00 bits per heavy atom. The molecule has 1 N–H and O–H groups in total. The number of hydrogen-bond donors (Lipinski definition) is 1. The van der Waals surface area contributed by atoms with Crippen molar-refractivity contribution in [3.63, 3.8) is 0 Å². The first kappa shape index (κ1) is 22.6. The third kappa shape index (κ3) is 3.33. The molecule has 1 amide bonds. The molecule has 3 aromatic rings. The van der Waals surface area contributed by atoms with Crippen molar-refractivity contribution in [3.8, 4) is 11.5 Å². The smallest absolute Gasteiger partial charge is 0.416 e. The summed E-state index contributed by atoms with van der Waals surface area (Å²) in [6, 6.07) is 5.39. The molecule has 0 saturated heterocycles.